The maximum atomic E-state index is 13.2. The molecule has 5 nitrogen and oxygen atoms in total. The largest absolute Gasteiger partial charge is 0.657 e. The third kappa shape index (κ3) is 2.95. The summed E-state index contributed by atoms with van der Waals surface area (Å²) >= 11 is 0. The van der Waals surface area contributed by atoms with E-state index >= 15 is 0 Å². The second-order valence-electron chi connectivity index (χ2n) is 6.45. The first-order valence-corrected chi connectivity index (χ1v) is 8.86. The van der Waals surface area contributed by atoms with Gasteiger partial charge in [-0.05, 0) is 65.2 Å². The molecule has 0 bridgehead atoms. The van der Waals surface area contributed by atoms with Gasteiger partial charge in [0.2, 0.25) is 0 Å². The van der Waals surface area contributed by atoms with Gasteiger partial charge in [-0.15, -0.1) is 5.70 Å². The van der Waals surface area contributed by atoms with E-state index in [1.165, 1.54) is 12.1 Å². The molecule has 2 aliphatic rings. The monoisotopic (exact) mass is 368 g/mol. The Morgan fingerprint density at radius 1 is 0.857 bits per heavy atom. The molecular weight excluding hydrogens is 353 g/mol. The van der Waals surface area contributed by atoms with Crippen LogP contribution in [0, 0.1) is 5.82 Å². The van der Waals surface area contributed by atoms with Crippen molar-refractivity contribution in [1.82, 2.24) is 15.3 Å². The van der Waals surface area contributed by atoms with Crippen molar-refractivity contribution in [3.05, 3.63) is 113 Å². The fourth-order valence-corrected chi connectivity index (χ4v) is 3.29. The van der Waals surface area contributed by atoms with Gasteiger partial charge in [0.25, 0.3) is 0 Å². The van der Waals surface area contributed by atoms with Crippen LogP contribution in [0.15, 0.2) is 90.1 Å². The highest BCUT2D eigenvalue weighted by Gasteiger charge is 2.22. The van der Waals surface area contributed by atoms with Crippen LogP contribution in [0.3, 0.4) is 0 Å². The molecular formula is C22H15FN5-. The highest BCUT2D eigenvalue weighted by Crippen LogP contribution is 2.40. The number of allylic oxidation sites excluding steroid dienone is 2. The van der Waals surface area contributed by atoms with Crippen molar-refractivity contribution in [3.63, 3.8) is 0 Å². The molecule has 0 fully saturated rings. The van der Waals surface area contributed by atoms with Crippen LogP contribution >= 0.6 is 0 Å². The van der Waals surface area contributed by atoms with Gasteiger partial charge in [0.05, 0.1) is 0 Å². The van der Waals surface area contributed by atoms with Crippen molar-refractivity contribution in [1.29, 1.82) is 0 Å². The highest BCUT2D eigenvalue weighted by molar-refractivity contribution is 6.06. The quantitative estimate of drug-likeness (QED) is 0.756. The lowest BCUT2D eigenvalue weighted by molar-refractivity contribution is 0.628. The Labute approximate surface area is 161 Å². The standard InChI is InChI=1S/C22H15FN5/c23-17-5-3-15(4-6-17)21-26-19-12-18(14-7-10-24-11-8-14)20(27-22(19)28-21)16-2-1-9-25-13-16/h1-13,22H,(H,26,28)/q-1. The first-order chi connectivity index (χ1) is 13.8. The number of aromatic nitrogens is 2. The average molecular weight is 368 g/mol. The van der Waals surface area contributed by atoms with Crippen molar-refractivity contribution in [2.45, 2.75) is 6.17 Å². The summed E-state index contributed by atoms with van der Waals surface area (Å²) in [6.45, 7) is 0. The molecule has 0 saturated heterocycles. The molecule has 0 radical (unpaired) electrons. The summed E-state index contributed by atoms with van der Waals surface area (Å²) in [6, 6.07) is 14.0. The van der Waals surface area contributed by atoms with Gasteiger partial charge in [-0.2, -0.15) is 0 Å². The van der Waals surface area contributed by atoms with Gasteiger partial charge < -0.3 is 10.6 Å². The molecule has 2 aromatic heterocycles. The Kier molecular flexibility index (Phi) is 3.94. The molecule has 1 aromatic carbocycles. The van der Waals surface area contributed by atoms with Gasteiger partial charge in [0.1, 0.15) is 11.7 Å². The molecule has 0 aliphatic carbocycles. The number of rotatable bonds is 3. The summed E-state index contributed by atoms with van der Waals surface area (Å²) in [5.41, 5.74) is 5.46. The first-order valence-electron chi connectivity index (χ1n) is 8.86. The summed E-state index contributed by atoms with van der Waals surface area (Å²) in [4.78, 5) is 13.0. The first kappa shape index (κ1) is 16.4. The molecule has 5 rings (SSSR count). The molecule has 136 valence electrons. The Bertz CT molecular complexity index is 1100. The van der Waals surface area contributed by atoms with Gasteiger partial charge in [-0.1, -0.05) is 6.07 Å². The van der Waals surface area contributed by atoms with Gasteiger partial charge >= 0.3 is 0 Å². The molecule has 0 amide bonds. The van der Waals surface area contributed by atoms with Crippen LogP contribution in [0.1, 0.15) is 16.7 Å². The Morgan fingerprint density at radius 2 is 1.68 bits per heavy atom. The van der Waals surface area contributed by atoms with Crippen LogP contribution in [0.2, 0.25) is 0 Å². The predicted molar refractivity (Wildman–Crippen MR) is 107 cm³/mol. The van der Waals surface area contributed by atoms with E-state index in [-0.39, 0.29) is 12.0 Å². The van der Waals surface area contributed by atoms with Gasteiger partial charge in [0, 0.05) is 42.2 Å². The van der Waals surface area contributed by atoms with Crippen molar-refractivity contribution >= 4 is 17.1 Å². The number of hydrogen-bond donors (Lipinski definition) is 1. The summed E-state index contributed by atoms with van der Waals surface area (Å²) < 4.78 is 13.2. The number of fused-ring (bicyclic) bond motifs is 1. The lowest BCUT2D eigenvalue weighted by Gasteiger charge is -2.37. The molecule has 1 N–H and O–H groups in total. The second-order valence-corrected chi connectivity index (χ2v) is 6.45. The molecule has 0 saturated carbocycles. The molecule has 1 atom stereocenters. The summed E-state index contributed by atoms with van der Waals surface area (Å²) in [6.07, 6.45) is 8.76. The van der Waals surface area contributed by atoms with Crippen LogP contribution in [-0.2, 0) is 0 Å². The van der Waals surface area contributed by atoms with Crippen molar-refractivity contribution in [2.75, 3.05) is 0 Å². The van der Waals surface area contributed by atoms with E-state index in [4.69, 9.17) is 10.3 Å². The van der Waals surface area contributed by atoms with Gasteiger partial charge in [0.15, 0.2) is 0 Å². The number of halogens is 1. The fourth-order valence-electron chi connectivity index (χ4n) is 3.29. The Balaban J connectivity index is 1.57. The third-order valence-electron chi connectivity index (χ3n) is 4.64. The van der Waals surface area contributed by atoms with Crippen LogP contribution in [0.5, 0.6) is 0 Å². The van der Waals surface area contributed by atoms with Crippen molar-refractivity contribution in [2.24, 2.45) is 4.99 Å². The number of nitrogens with zero attached hydrogens (tertiary/aromatic N) is 4. The molecule has 1 unspecified atom stereocenters. The van der Waals surface area contributed by atoms with Crippen LogP contribution in [-0.4, -0.2) is 22.0 Å². The molecule has 3 aromatic rings. The molecule has 0 spiro atoms. The number of nitrogens with one attached hydrogen (secondary N) is 1. The maximum absolute atomic E-state index is 13.2. The number of aliphatic imine (C=N–C) groups is 1. The zero-order chi connectivity index (χ0) is 18.9. The summed E-state index contributed by atoms with van der Waals surface area (Å²) in [5.74, 6) is 0.408. The minimum atomic E-state index is -0.360. The van der Waals surface area contributed by atoms with E-state index in [2.05, 4.69) is 21.4 Å². The van der Waals surface area contributed by atoms with E-state index in [0.29, 0.717) is 5.84 Å². The predicted octanol–water partition coefficient (Wildman–Crippen LogP) is 4.13. The molecule has 6 heteroatoms. The lowest BCUT2D eigenvalue weighted by Crippen LogP contribution is -2.21. The van der Waals surface area contributed by atoms with Crippen molar-refractivity contribution < 1.29 is 4.39 Å². The minimum absolute atomic E-state index is 0.274. The van der Waals surface area contributed by atoms with Crippen molar-refractivity contribution in [3.8, 4) is 0 Å². The zero-order valence-electron chi connectivity index (χ0n) is 14.7. The van der Waals surface area contributed by atoms with E-state index < -0.39 is 0 Å². The second kappa shape index (κ2) is 6.74. The smallest absolute Gasteiger partial charge is 0.131 e. The van der Waals surface area contributed by atoms with E-state index in [1.807, 2.05) is 24.3 Å². The summed E-state index contributed by atoms with van der Waals surface area (Å²) in [7, 11) is 0. The number of benzene rings is 1. The van der Waals surface area contributed by atoms with E-state index in [0.717, 1.165) is 33.7 Å². The van der Waals surface area contributed by atoms with Crippen LogP contribution in [0.25, 0.3) is 16.6 Å². The van der Waals surface area contributed by atoms with E-state index in [9.17, 15) is 4.39 Å². The number of amidine groups is 1. The fraction of sp³-hybridized carbons (Fsp3) is 0.0455. The average Bonchev–Trinajstić information content (AvgIpc) is 3.18. The summed E-state index contributed by atoms with van der Waals surface area (Å²) in [5, 5.41) is 8.22. The number of pyridine rings is 2. The van der Waals surface area contributed by atoms with Crippen LogP contribution in [0.4, 0.5) is 4.39 Å². The Hall–Kier alpha value is -3.80. The van der Waals surface area contributed by atoms with Gasteiger partial charge in [-0.25, -0.2) is 4.39 Å². The van der Waals surface area contributed by atoms with Gasteiger partial charge in [-0.3, -0.25) is 15.0 Å². The molecule has 2 aliphatic heterocycles. The number of hydrogen-bond acceptors (Lipinski definition) is 4. The highest BCUT2D eigenvalue weighted by atomic mass is 19.1. The third-order valence-corrected chi connectivity index (χ3v) is 4.64. The van der Waals surface area contributed by atoms with E-state index in [1.54, 1.807) is 36.9 Å². The molecule has 4 heterocycles. The zero-order valence-corrected chi connectivity index (χ0v) is 14.7. The maximum Gasteiger partial charge on any atom is 0.131 e. The topological polar surface area (TPSA) is 64.3 Å². The normalized spacial score (nSPS) is 18.0. The minimum Gasteiger partial charge on any atom is -0.657 e. The van der Waals surface area contributed by atoms with Crippen LogP contribution < -0.4 is 5.32 Å². The SMILES string of the molecule is Fc1ccc(C2=NC3[N-]C(c4cccnc4)=C(c4ccncc4)C=C3N2)cc1. The lowest BCUT2D eigenvalue weighted by atomic mass is 9.96. The molecule has 28 heavy (non-hydrogen) atoms. The Morgan fingerprint density at radius 3 is 2.43 bits per heavy atom.